The smallest absolute Gasteiger partial charge is 0.410 e. The van der Waals surface area contributed by atoms with Gasteiger partial charge in [-0.05, 0) is 39.5 Å². The lowest BCUT2D eigenvalue weighted by Gasteiger charge is -2.34. The van der Waals surface area contributed by atoms with Gasteiger partial charge in [-0.25, -0.2) is 9.59 Å². The van der Waals surface area contributed by atoms with E-state index in [1.54, 1.807) is 20.8 Å². The van der Waals surface area contributed by atoms with Crippen LogP contribution in [0.4, 0.5) is 13.6 Å². The normalized spacial score (nSPS) is 17.9. The molecule has 1 fully saturated rings. The monoisotopic (exact) mass is 293 g/mol. The number of carboxylic acids is 1. The maximum atomic E-state index is 13.1. The molecule has 5 nitrogen and oxygen atoms in total. The Hall–Kier alpha value is -1.40. The lowest BCUT2D eigenvalue weighted by atomic mass is 9.91. The quantitative estimate of drug-likeness (QED) is 0.869. The van der Waals surface area contributed by atoms with E-state index >= 15 is 0 Å². The van der Waals surface area contributed by atoms with E-state index in [1.165, 1.54) is 4.90 Å². The predicted molar refractivity (Wildman–Crippen MR) is 67.7 cm³/mol. The van der Waals surface area contributed by atoms with Crippen LogP contribution in [0.1, 0.15) is 40.0 Å². The summed E-state index contributed by atoms with van der Waals surface area (Å²) in [6.07, 6.45) is -0.407. The van der Waals surface area contributed by atoms with Crippen molar-refractivity contribution in [3.05, 3.63) is 0 Å². The number of carbonyl (C=O) groups excluding carboxylic acids is 1. The highest BCUT2D eigenvalue weighted by molar-refractivity contribution is 5.75. The van der Waals surface area contributed by atoms with Crippen LogP contribution in [0.3, 0.4) is 0 Å². The molecular formula is C13H21F2NO4. The van der Waals surface area contributed by atoms with Crippen molar-refractivity contribution in [2.24, 2.45) is 5.92 Å². The van der Waals surface area contributed by atoms with Gasteiger partial charge in [0.1, 0.15) is 5.60 Å². The summed E-state index contributed by atoms with van der Waals surface area (Å²) in [7, 11) is 0. The standard InChI is InChI=1S/C13H21F2NO4/c1-12(2,3)20-11(19)16-6-4-9(5-7-16)8-13(14,15)10(17)18/h9H,4-8H2,1-3H3,(H,17,18). The van der Waals surface area contributed by atoms with Crippen LogP contribution in [0.25, 0.3) is 0 Å². The number of alkyl halides is 2. The number of rotatable bonds is 3. The number of aliphatic carboxylic acids is 1. The van der Waals surface area contributed by atoms with Gasteiger partial charge in [0.25, 0.3) is 0 Å². The molecule has 1 amide bonds. The average Bonchev–Trinajstić information content (AvgIpc) is 2.26. The fourth-order valence-corrected chi connectivity index (χ4v) is 2.10. The Labute approximate surface area is 116 Å². The first kappa shape index (κ1) is 16.7. The molecule has 0 aromatic heterocycles. The van der Waals surface area contributed by atoms with Crippen molar-refractivity contribution in [3.8, 4) is 0 Å². The highest BCUT2D eigenvalue weighted by Gasteiger charge is 2.42. The molecule has 1 aliphatic heterocycles. The van der Waals surface area contributed by atoms with E-state index in [0.29, 0.717) is 25.9 Å². The highest BCUT2D eigenvalue weighted by atomic mass is 19.3. The molecule has 1 heterocycles. The largest absolute Gasteiger partial charge is 0.477 e. The van der Waals surface area contributed by atoms with Gasteiger partial charge in [0.05, 0.1) is 0 Å². The molecule has 1 rings (SSSR count). The van der Waals surface area contributed by atoms with Crippen LogP contribution in [0.5, 0.6) is 0 Å². The molecule has 0 radical (unpaired) electrons. The van der Waals surface area contributed by atoms with Crippen LogP contribution < -0.4 is 0 Å². The van der Waals surface area contributed by atoms with Crippen molar-refractivity contribution >= 4 is 12.1 Å². The summed E-state index contributed by atoms with van der Waals surface area (Å²) in [4.78, 5) is 23.6. The molecule has 20 heavy (non-hydrogen) atoms. The molecule has 1 N–H and O–H groups in total. The second kappa shape index (κ2) is 5.93. The van der Waals surface area contributed by atoms with E-state index < -0.39 is 30.0 Å². The zero-order chi connectivity index (χ0) is 15.6. The fourth-order valence-electron chi connectivity index (χ4n) is 2.10. The summed E-state index contributed by atoms with van der Waals surface area (Å²) >= 11 is 0. The summed E-state index contributed by atoms with van der Waals surface area (Å²) in [6, 6.07) is 0. The van der Waals surface area contributed by atoms with Gasteiger partial charge in [0.15, 0.2) is 0 Å². The van der Waals surface area contributed by atoms with Crippen molar-refractivity contribution in [1.82, 2.24) is 4.90 Å². The fraction of sp³-hybridized carbons (Fsp3) is 0.846. The summed E-state index contributed by atoms with van der Waals surface area (Å²) in [5.41, 5.74) is -0.593. The average molecular weight is 293 g/mol. The van der Waals surface area contributed by atoms with Crippen molar-refractivity contribution in [2.75, 3.05) is 13.1 Å². The molecule has 0 bridgehead atoms. The van der Waals surface area contributed by atoms with E-state index in [9.17, 15) is 18.4 Å². The SMILES string of the molecule is CC(C)(C)OC(=O)N1CCC(CC(F)(F)C(=O)O)CC1. The van der Waals surface area contributed by atoms with Crippen LogP contribution in [0, 0.1) is 5.92 Å². The second-order valence-corrected chi connectivity index (χ2v) is 6.12. The minimum Gasteiger partial charge on any atom is -0.477 e. The first-order valence-electron chi connectivity index (χ1n) is 6.60. The van der Waals surface area contributed by atoms with Gasteiger partial charge in [-0.2, -0.15) is 8.78 Å². The minimum absolute atomic E-state index is 0.315. The molecule has 116 valence electrons. The number of piperidine rings is 1. The van der Waals surface area contributed by atoms with Gasteiger partial charge in [-0.1, -0.05) is 0 Å². The van der Waals surface area contributed by atoms with Crippen LogP contribution in [0.15, 0.2) is 0 Å². The lowest BCUT2D eigenvalue weighted by molar-refractivity contribution is -0.167. The topological polar surface area (TPSA) is 66.8 Å². The number of hydrogen-bond donors (Lipinski definition) is 1. The zero-order valence-corrected chi connectivity index (χ0v) is 12.0. The maximum absolute atomic E-state index is 13.1. The van der Waals surface area contributed by atoms with E-state index in [4.69, 9.17) is 9.84 Å². The van der Waals surface area contributed by atoms with Crippen molar-refractivity contribution in [2.45, 2.75) is 51.6 Å². The van der Waals surface area contributed by atoms with Gasteiger partial charge in [-0.3, -0.25) is 0 Å². The predicted octanol–water partition coefficient (Wildman–Crippen LogP) is 2.74. The van der Waals surface area contributed by atoms with Crippen molar-refractivity contribution in [3.63, 3.8) is 0 Å². The Morgan fingerprint density at radius 1 is 1.25 bits per heavy atom. The zero-order valence-electron chi connectivity index (χ0n) is 12.0. The summed E-state index contributed by atoms with van der Waals surface area (Å²) in [5, 5.41) is 8.41. The Bertz CT molecular complexity index is 371. The second-order valence-electron chi connectivity index (χ2n) is 6.12. The van der Waals surface area contributed by atoms with E-state index in [1.807, 2.05) is 0 Å². The number of likely N-dealkylation sites (tertiary alicyclic amines) is 1. The number of carboxylic acid groups (broad SMARTS) is 1. The van der Waals surface area contributed by atoms with E-state index in [2.05, 4.69) is 0 Å². The summed E-state index contributed by atoms with van der Waals surface area (Å²) < 4.78 is 31.4. The number of amides is 1. The third-order valence-electron chi connectivity index (χ3n) is 3.12. The maximum Gasteiger partial charge on any atom is 0.410 e. The van der Waals surface area contributed by atoms with Gasteiger partial charge in [0, 0.05) is 19.5 Å². The molecule has 0 atom stereocenters. The Morgan fingerprint density at radius 3 is 2.15 bits per heavy atom. The number of halogens is 2. The van der Waals surface area contributed by atoms with Gasteiger partial charge in [-0.15, -0.1) is 0 Å². The molecule has 1 aliphatic rings. The van der Waals surface area contributed by atoms with E-state index in [0.717, 1.165) is 0 Å². The molecule has 0 saturated carbocycles. The number of hydrogen-bond acceptors (Lipinski definition) is 3. The molecule has 0 aromatic rings. The van der Waals surface area contributed by atoms with Crippen LogP contribution in [-0.2, 0) is 9.53 Å². The lowest BCUT2D eigenvalue weighted by Crippen LogP contribution is -2.43. The van der Waals surface area contributed by atoms with Crippen molar-refractivity contribution in [1.29, 1.82) is 0 Å². The Balaban J connectivity index is 2.44. The molecule has 0 unspecified atom stereocenters. The third kappa shape index (κ3) is 4.94. The molecule has 0 spiro atoms. The summed E-state index contributed by atoms with van der Waals surface area (Å²) in [5.74, 6) is -6.18. The van der Waals surface area contributed by atoms with Crippen molar-refractivity contribution < 1.29 is 28.2 Å². The van der Waals surface area contributed by atoms with Gasteiger partial charge in [0.2, 0.25) is 0 Å². The molecule has 0 aliphatic carbocycles. The van der Waals surface area contributed by atoms with Crippen LogP contribution in [0.2, 0.25) is 0 Å². The number of carbonyl (C=O) groups is 2. The molecular weight excluding hydrogens is 272 g/mol. The number of ether oxygens (including phenoxy) is 1. The summed E-state index contributed by atoms with van der Waals surface area (Å²) in [6.45, 7) is 5.89. The Morgan fingerprint density at radius 2 is 1.75 bits per heavy atom. The van der Waals surface area contributed by atoms with Crippen LogP contribution >= 0.6 is 0 Å². The third-order valence-corrected chi connectivity index (χ3v) is 3.12. The molecule has 0 aromatic carbocycles. The minimum atomic E-state index is -3.70. The van der Waals surface area contributed by atoms with Gasteiger partial charge < -0.3 is 14.7 Å². The van der Waals surface area contributed by atoms with Gasteiger partial charge >= 0.3 is 18.0 Å². The van der Waals surface area contributed by atoms with E-state index in [-0.39, 0.29) is 5.92 Å². The first-order valence-corrected chi connectivity index (χ1v) is 6.60. The Kier molecular flexibility index (Phi) is 4.94. The first-order chi connectivity index (χ1) is 9.01. The number of nitrogens with zero attached hydrogens (tertiary/aromatic N) is 1. The molecule has 1 saturated heterocycles. The molecule has 7 heteroatoms. The van der Waals surface area contributed by atoms with Crippen LogP contribution in [-0.4, -0.2) is 46.7 Å². The highest BCUT2D eigenvalue weighted by Crippen LogP contribution is 2.30.